The van der Waals surface area contributed by atoms with Crippen LogP contribution >= 0.6 is 0 Å². The summed E-state index contributed by atoms with van der Waals surface area (Å²) in [5, 5.41) is 6.48. The van der Waals surface area contributed by atoms with E-state index in [0.717, 1.165) is 10.4 Å². The van der Waals surface area contributed by atoms with Crippen LogP contribution in [0.15, 0.2) is 46.0 Å². The van der Waals surface area contributed by atoms with Crippen molar-refractivity contribution >= 4 is 23.4 Å². The van der Waals surface area contributed by atoms with Crippen LogP contribution in [0, 0.1) is 0 Å². The highest BCUT2D eigenvalue weighted by Gasteiger charge is 2.44. The molecule has 27 heavy (non-hydrogen) atoms. The first-order valence-electron chi connectivity index (χ1n) is 8.39. The highest BCUT2D eigenvalue weighted by atomic mass is 16.5. The first-order valence-corrected chi connectivity index (χ1v) is 8.39. The highest BCUT2D eigenvalue weighted by molar-refractivity contribution is 6.41. The van der Waals surface area contributed by atoms with Crippen molar-refractivity contribution in [3.8, 4) is 0 Å². The summed E-state index contributed by atoms with van der Waals surface area (Å²) >= 11 is 0. The van der Waals surface area contributed by atoms with Gasteiger partial charge in [0, 0.05) is 32.0 Å². The number of urea groups is 1. The molecule has 3 unspecified atom stereocenters. The number of fused-ring (bicyclic) bond motifs is 4. The van der Waals surface area contributed by atoms with Crippen LogP contribution in [0.4, 0.5) is 10.5 Å². The van der Waals surface area contributed by atoms with Gasteiger partial charge < -0.3 is 10.1 Å². The van der Waals surface area contributed by atoms with Gasteiger partial charge in [0.15, 0.2) is 0 Å². The zero-order valence-electron chi connectivity index (χ0n) is 14.8. The molecule has 3 aliphatic heterocycles. The minimum absolute atomic E-state index is 0.124. The molecule has 4 rings (SSSR count). The van der Waals surface area contributed by atoms with Gasteiger partial charge in [-0.25, -0.2) is 14.3 Å². The number of rotatable bonds is 2. The number of nitrogens with zero attached hydrogens (tertiary/aromatic N) is 5. The monoisotopic (exact) mass is 370 g/mol. The molecule has 1 saturated heterocycles. The number of esters is 1. The topological polar surface area (TPSA) is 109 Å². The predicted molar refractivity (Wildman–Crippen MR) is 96.2 cm³/mol. The molecule has 0 aliphatic carbocycles. The number of anilines is 1. The Morgan fingerprint density at radius 2 is 2.19 bits per heavy atom. The minimum atomic E-state index is -0.614. The van der Waals surface area contributed by atoms with E-state index in [1.165, 1.54) is 31.3 Å². The fourth-order valence-corrected chi connectivity index (χ4v) is 3.46. The van der Waals surface area contributed by atoms with Crippen molar-refractivity contribution in [2.75, 3.05) is 25.5 Å². The average Bonchev–Trinajstić information content (AvgIpc) is 3.09. The molecule has 1 N–H and O–H groups in total. The number of ether oxygens (including phenoxy) is 1. The fraction of sp³-hybridized carbons (Fsp3) is 0.353. The van der Waals surface area contributed by atoms with Crippen LogP contribution < -0.4 is 10.9 Å². The number of hydrogen-bond donors (Lipinski definition) is 1. The van der Waals surface area contributed by atoms with Crippen LogP contribution in [0.1, 0.15) is 0 Å². The zero-order valence-corrected chi connectivity index (χ0v) is 14.8. The number of nitrogens with one attached hydrogen (secondary N) is 1. The Labute approximate surface area is 154 Å². The lowest BCUT2D eigenvalue weighted by Crippen LogP contribution is -2.58. The maximum Gasteiger partial charge on any atom is 0.356 e. The molecule has 2 bridgehead atoms. The number of aromatic nitrogens is 2. The Morgan fingerprint density at radius 3 is 2.96 bits per heavy atom. The van der Waals surface area contributed by atoms with E-state index in [9.17, 15) is 14.4 Å². The molecular weight excluding hydrogens is 352 g/mol. The highest BCUT2D eigenvalue weighted by Crippen LogP contribution is 2.32. The summed E-state index contributed by atoms with van der Waals surface area (Å²) in [7, 11) is 2.79. The molecule has 10 heteroatoms. The second-order valence-electron chi connectivity index (χ2n) is 6.37. The van der Waals surface area contributed by atoms with Crippen LogP contribution in [0.3, 0.4) is 0 Å². The molecule has 140 valence electrons. The quantitative estimate of drug-likeness (QED) is 0.717. The fourth-order valence-electron chi connectivity index (χ4n) is 3.46. The van der Waals surface area contributed by atoms with Gasteiger partial charge in [0.25, 0.3) is 5.56 Å². The summed E-state index contributed by atoms with van der Waals surface area (Å²) in [6.45, 7) is 1.28. The standard InChI is InChI=1S/C17H18N6O4/c1-21-15(24)11(5-7-18-21)20-17(26)23-10-6-8-22(9-10)13-4-3-12(16(25)27-2)19-14(13)23/h3-7,13-14H,8-9H2,1-2H3,(H,20,26). The molecule has 0 saturated carbocycles. The lowest BCUT2D eigenvalue weighted by atomic mass is 10.0. The minimum Gasteiger partial charge on any atom is -0.464 e. The van der Waals surface area contributed by atoms with Gasteiger partial charge in [-0.05, 0) is 18.2 Å². The second kappa shape index (κ2) is 6.47. The van der Waals surface area contributed by atoms with Gasteiger partial charge in [0.05, 0.1) is 13.2 Å². The van der Waals surface area contributed by atoms with Crippen molar-refractivity contribution in [3.05, 3.63) is 46.5 Å². The normalized spacial score (nSPS) is 25.4. The van der Waals surface area contributed by atoms with Crippen molar-refractivity contribution < 1.29 is 14.3 Å². The molecule has 1 aromatic heterocycles. The van der Waals surface area contributed by atoms with Gasteiger partial charge in [0.1, 0.15) is 17.6 Å². The van der Waals surface area contributed by atoms with E-state index in [2.05, 4.69) is 20.3 Å². The molecule has 3 atom stereocenters. The van der Waals surface area contributed by atoms with Gasteiger partial charge in [0.2, 0.25) is 0 Å². The van der Waals surface area contributed by atoms with E-state index in [1.54, 1.807) is 6.08 Å². The maximum atomic E-state index is 13.0. The van der Waals surface area contributed by atoms with Crippen LogP contribution in [0.5, 0.6) is 0 Å². The van der Waals surface area contributed by atoms with Crippen LogP contribution in [-0.4, -0.2) is 69.7 Å². The number of aliphatic imine (C=N–C) groups is 1. The number of amides is 2. The number of carbonyl (C=O) groups excluding carboxylic acids is 2. The Bertz CT molecular complexity index is 962. The first-order chi connectivity index (χ1) is 13.0. The van der Waals surface area contributed by atoms with E-state index >= 15 is 0 Å². The van der Waals surface area contributed by atoms with Gasteiger partial charge >= 0.3 is 12.0 Å². The third-order valence-electron chi connectivity index (χ3n) is 4.81. The number of aryl methyl sites for hydroxylation is 1. The lowest BCUT2D eigenvalue weighted by molar-refractivity contribution is -0.132. The molecule has 0 radical (unpaired) electrons. The maximum absolute atomic E-state index is 13.0. The zero-order chi connectivity index (χ0) is 19.1. The Balaban J connectivity index is 1.67. The first kappa shape index (κ1) is 17.2. The van der Waals surface area contributed by atoms with Crippen LogP contribution in [0.25, 0.3) is 0 Å². The van der Waals surface area contributed by atoms with E-state index in [-0.39, 0.29) is 17.4 Å². The SMILES string of the molecule is COC(=O)C1=NC2C(C=C1)N1CC=C(C1)N2C(=O)Nc1ccnn(C)c1=O. The number of carbonyl (C=O) groups is 2. The summed E-state index contributed by atoms with van der Waals surface area (Å²) in [5.74, 6) is -0.560. The third kappa shape index (κ3) is 2.83. The van der Waals surface area contributed by atoms with Crippen molar-refractivity contribution in [3.63, 3.8) is 0 Å². The van der Waals surface area contributed by atoms with E-state index < -0.39 is 23.7 Å². The molecule has 2 amide bonds. The lowest BCUT2D eigenvalue weighted by Gasteiger charge is -2.43. The van der Waals surface area contributed by atoms with Gasteiger partial charge in [-0.2, -0.15) is 5.10 Å². The number of dihydropyridines is 1. The smallest absolute Gasteiger partial charge is 0.356 e. The molecular formula is C17H18N6O4. The molecule has 0 spiro atoms. The van der Waals surface area contributed by atoms with E-state index in [1.807, 2.05) is 12.2 Å². The molecule has 10 nitrogen and oxygen atoms in total. The van der Waals surface area contributed by atoms with Gasteiger partial charge in [-0.15, -0.1) is 0 Å². The summed E-state index contributed by atoms with van der Waals surface area (Å²) in [5.41, 5.74) is 0.643. The average molecular weight is 370 g/mol. The summed E-state index contributed by atoms with van der Waals surface area (Å²) < 4.78 is 5.88. The molecule has 4 heterocycles. The third-order valence-corrected chi connectivity index (χ3v) is 4.81. The number of hydrogen-bond acceptors (Lipinski definition) is 7. The largest absolute Gasteiger partial charge is 0.464 e. The van der Waals surface area contributed by atoms with Crippen molar-refractivity contribution in [2.24, 2.45) is 12.0 Å². The second-order valence-corrected chi connectivity index (χ2v) is 6.37. The number of piperazine rings is 1. The summed E-state index contributed by atoms with van der Waals surface area (Å²) in [4.78, 5) is 45.1. The van der Waals surface area contributed by atoms with Crippen LogP contribution in [-0.2, 0) is 16.6 Å². The van der Waals surface area contributed by atoms with E-state index in [0.29, 0.717) is 13.1 Å². The molecule has 3 aliphatic rings. The van der Waals surface area contributed by atoms with Crippen molar-refractivity contribution in [1.82, 2.24) is 19.6 Å². The van der Waals surface area contributed by atoms with Gasteiger partial charge in [-0.1, -0.05) is 6.08 Å². The van der Waals surface area contributed by atoms with E-state index in [4.69, 9.17) is 4.74 Å². The molecule has 0 aromatic carbocycles. The van der Waals surface area contributed by atoms with Gasteiger partial charge in [-0.3, -0.25) is 19.6 Å². The van der Waals surface area contributed by atoms with Crippen molar-refractivity contribution in [1.29, 1.82) is 0 Å². The summed E-state index contributed by atoms with van der Waals surface area (Å²) in [6, 6.07) is 0.803. The predicted octanol–water partition coefficient (Wildman–Crippen LogP) is -0.294. The van der Waals surface area contributed by atoms with Crippen molar-refractivity contribution in [2.45, 2.75) is 12.2 Å². The molecule has 1 aromatic rings. The Hall–Kier alpha value is -3.27. The summed E-state index contributed by atoms with van der Waals surface area (Å²) in [6.07, 6.45) is 6.24. The Morgan fingerprint density at radius 1 is 1.37 bits per heavy atom. The molecule has 1 fully saturated rings. The Kier molecular flexibility index (Phi) is 4.11. The van der Waals surface area contributed by atoms with Crippen LogP contribution in [0.2, 0.25) is 0 Å². The number of methoxy groups -OCH3 is 1.